The van der Waals surface area contributed by atoms with Crippen LogP contribution in [-0.2, 0) is 12.7 Å². The van der Waals surface area contributed by atoms with Crippen molar-refractivity contribution in [3.05, 3.63) is 57.5 Å². The van der Waals surface area contributed by atoms with Crippen molar-refractivity contribution >= 4 is 28.6 Å². The molecule has 2 aromatic heterocycles. The van der Waals surface area contributed by atoms with E-state index < -0.39 is 17.7 Å². The maximum Gasteiger partial charge on any atom is 0.435 e. The number of nitrogens with one attached hydrogen (secondary N) is 1. The van der Waals surface area contributed by atoms with Gasteiger partial charge in [-0.3, -0.25) is 0 Å². The van der Waals surface area contributed by atoms with Crippen LogP contribution in [0.4, 0.5) is 23.2 Å². The summed E-state index contributed by atoms with van der Waals surface area (Å²) in [6, 6.07) is 4.88. The average Bonchev–Trinajstić information content (AvgIpc) is 3.14. The first-order chi connectivity index (χ1) is 11.3. The first-order valence-corrected chi connectivity index (χ1v) is 7.79. The molecule has 0 amide bonds. The topological polar surface area (TPSA) is 42.7 Å². The molecule has 0 saturated carbocycles. The van der Waals surface area contributed by atoms with Crippen molar-refractivity contribution < 1.29 is 17.6 Å². The zero-order valence-corrected chi connectivity index (χ0v) is 13.4. The van der Waals surface area contributed by atoms with Gasteiger partial charge in [-0.05, 0) is 24.3 Å². The fourth-order valence-corrected chi connectivity index (χ4v) is 2.88. The molecule has 24 heavy (non-hydrogen) atoms. The normalized spacial score (nSPS) is 11.7. The molecule has 3 rings (SSSR count). The van der Waals surface area contributed by atoms with Gasteiger partial charge < -0.3 is 5.32 Å². The zero-order valence-electron chi connectivity index (χ0n) is 11.8. The van der Waals surface area contributed by atoms with Crippen LogP contribution in [-0.4, -0.2) is 14.8 Å². The third-order valence-corrected chi connectivity index (χ3v) is 4.18. The van der Waals surface area contributed by atoms with E-state index >= 15 is 0 Å². The Labute approximate surface area is 142 Å². The van der Waals surface area contributed by atoms with Crippen molar-refractivity contribution in [1.82, 2.24) is 14.8 Å². The number of nitrogens with zero attached hydrogens (tertiary/aromatic N) is 3. The van der Waals surface area contributed by atoms with E-state index in [9.17, 15) is 17.6 Å². The van der Waals surface area contributed by atoms with Crippen LogP contribution in [0.5, 0.6) is 0 Å². The third-order valence-electron chi connectivity index (χ3n) is 3.07. The molecule has 0 bridgehead atoms. The fourth-order valence-electron chi connectivity index (χ4n) is 1.97. The number of thiazole rings is 1. The highest BCUT2D eigenvalue weighted by atomic mass is 35.5. The van der Waals surface area contributed by atoms with Crippen LogP contribution in [0.3, 0.4) is 0 Å². The van der Waals surface area contributed by atoms with Gasteiger partial charge in [0, 0.05) is 23.0 Å². The van der Waals surface area contributed by atoms with Crippen molar-refractivity contribution in [2.75, 3.05) is 5.32 Å². The van der Waals surface area contributed by atoms with E-state index in [1.54, 1.807) is 12.3 Å². The second-order valence-electron chi connectivity index (χ2n) is 4.74. The van der Waals surface area contributed by atoms with Gasteiger partial charge in [0.15, 0.2) is 16.0 Å². The van der Waals surface area contributed by atoms with Gasteiger partial charge in [-0.15, -0.1) is 11.3 Å². The smallest absolute Gasteiger partial charge is 0.380 e. The maximum absolute atomic E-state index is 14.2. The van der Waals surface area contributed by atoms with E-state index in [1.165, 1.54) is 23.5 Å². The minimum Gasteiger partial charge on any atom is -0.380 e. The van der Waals surface area contributed by atoms with E-state index in [0.717, 1.165) is 21.8 Å². The first-order valence-electron chi connectivity index (χ1n) is 6.60. The second-order valence-corrected chi connectivity index (χ2v) is 6.44. The van der Waals surface area contributed by atoms with Gasteiger partial charge in [0.2, 0.25) is 0 Å². The predicted octanol–water partition coefficient (Wildman–Crippen LogP) is 4.75. The van der Waals surface area contributed by atoms with Gasteiger partial charge in [-0.25, -0.2) is 14.1 Å². The first kappa shape index (κ1) is 16.7. The lowest BCUT2D eigenvalue weighted by Gasteiger charge is -2.08. The Morgan fingerprint density at radius 2 is 2.04 bits per heavy atom. The van der Waals surface area contributed by atoms with E-state index in [2.05, 4.69) is 15.4 Å². The molecule has 0 atom stereocenters. The minimum atomic E-state index is -4.57. The SMILES string of the molecule is Fc1cc(NCc2cnc(Cl)s2)ccc1-n1ccc(C(F)(F)F)n1. The Morgan fingerprint density at radius 1 is 1.25 bits per heavy atom. The van der Waals surface area contributed by atoms with E-state index in [0.29, 0.717) is 16.7 Å². The quantitative estimate of drug-likeness (QED) is 0.668. The summed E-state index contributed by atoms with van der Waals surface area (Å²) in [6.07, 6.45) is -1.90. The number of aromatic nitrogens is 3. The number of rotatable bonds is 4. The van der Waals surface area contributed by atoms with E-state index in [4.69, 9.17) is 11.6 Å². The third kappa shape index (κ3) is 3.68. The standard InChI is InChI=1S/C14H9ClF4N4S/c15-13-21-7-9(24-13)6-20-8-1-2-11(10(16)5-8)23-4-3-12(22-23)14(17,18)19/h1-5,7,20H,6H2. The average molecular weight is 377 g/mol. The summed E-state index contributed by atoms with van der Waals surface area (Å²) in [5, 5.41) is 6.33. The molecular formula is C14H9ClF4N4S. The highest BCUT2D eigenvalue weighted by Gasteiger charge is 2.33. The lowest BCUT2D eigenvalue weighted by Crippen LogP contribution is -2.08. The summed E-state index contributed by atoms with van der Waals surface area (Å²) in [6.45, 7) is 0.406. The van der Waals surface area contributed by atoms with Crippen LogP contribution in [0.2, 0.25) is 4.47 Å². The van der Waals surface area contributed by atoms with Gasteiger partial charge in [0.1, 0.15) is 5.69 Å². The molecule has 10 heteroatoms. The fraction of sp³-hybridized carbons (Fsp3) is 0.143. The number of hydrogen-bond acceptors (Lipinski definition) is 4. The molecule has 0 spiro atoms. The molecule has 0 radical (unpaired) electrons. The Bertz CT molecular complexity index is 859. The molecular weight excluding hydrogens is 368 g/mol. The van der Waals surface area contributed by atoms with Gasteiger partial charge in [-0.1, -0.05) is 11.6 Å². The van der Waals surface area contributed by atoms with Crippen LogP contribution in [0.1, 0.15) is 10.6 Å². The lowest BCUT2D eigenvalue weighted by molar-refractivity contribution is -0.141. The van der Waals surface area contributed by atoms with Crippen LogP contribution in [0.15, 0.2) is 36.7 Å². The number of halogens is 5. The second kappa shape index (κ2) is 6.40. The number of anilines is 1. The van der Waals surface area contributed by atoms with Gasteiger partial charge in [0.05, 0.1) is 6.54 Å². The molecule has 3 aromatic rings. The number of benzene rings is 1. The van der Waals surface area contributed by atoms with Gasteiger partial charge >= 0.3 is 6.18 Å². The Balaban J connectivity index is 1.76. The summed E-state index contributed by atoms with van der Waals surface area (Å²) < 4.78 is 53.1. The maximum atomic E-state index is 14.2. The predicted molar refractivity (Wildman–Crippen MR) is 83.0 cm³/mol. The summed E-state index contributed by atoms with van der Waals surface area (Å²) >= 11 is 7.01. The summed E-state index contributed by atoms with van der Waals surface area (Å²) in [5.41, 5.74) is -0.674. The van der Waals surface area contributed by atoms with Crippen LogP contribution >= 0.6 is 22.9 Å². The van der Waals surface area contributed by atoms with Crippen molar-refractivity contribution in [1.29, 1.82) is 0 Å². The summed E-state index contributed by atoms with van der Waals surface area (Å²) in [4.78, 5) is 4.76. The molecule has 0 aliphatic rings. The van der Waals surface area contributed by atoms with Crippen molar-refractivity contribution in [3.63, 3.8) is 0 Å². The Kier molecular flexibility index (Phi) is 4.46. The number of alkyl halides is 3. The molecule has 2 heterocycles. The van der Waals surface area contributed by atoms with Crippen molar-refractivity contribution in [2.45, 2.75) is 12.7 Å². The van der Waals surface area contributed by atoms with Crippen LogP contribution in [0, 0.1) is 5.82 Å². The monoisotopic (exact) mass is 376 g/mol. The van der Waals surface area contributed by atoms with E-state index in [1.807, 2.05) is 0 Å². The molecule has 0 aliphatic heterocycles. The molecule has 4 nitrogen and oxygen atoms in total. The molecule has 1 aromatic carbocycles. The molecule has 0 saturated heterocycles. The molecule has 0 aliphatic carbocycles. The summed E-state index contributed by atoms with van der Waals surface area (Å²) in [5.74, 6) is -0.695. The molecule has 126 valence electrons. The Hall–Kier alpha value is -2.13. The molecule has 1 N–H and O–H groups in total. The highest BCUT2D eigenvalue weighted by molar-refractivity contribution is 7.15. The van der Waals surface area contributed by atoms with Gasteiger partial charge in [0.25, 0.3) is 0 Å². The Morgan fingerprint density at radius 3 is 2.62 bits per heavy atom. The van der Waals surface area contributed by atoms with Gasteiger partial charge in [-0.2, -0.15) is 18.3 Å². The van der Waals surface area contributed by atoms with Crippen molar-refractivity contribution in [2.24, 2.45) is 0 Å². The minimum absolute atomic E-state index is 0.0723. The largest absolute Gasteiger partial charge is 0.435 e. The summed E-state index contributed by atoms with van der Waals surface area (Å²) in [7, 11) is 0. The number of hydrogen-bond donors (Lipinski definition) is 1. The lowest BCUT2D eigenvalue weighted by atomic mass is 10.2. The van der Waals surface area contributed by atoms with Crippen LogP contribution in [0.25, 0.3) is 5.69 Å². The molecule has 0 unspecified atom stereocenters. The van der Waals surface area contributed by atoms with Crippen molar-refractivity contribution in [3.8, 4) is 5.69 Å². The van der Waals surface area contributed by atoms with Crippen LogP contribution < -0.4 is 5.32 Å². The highest BCUT2D eigenvalue weighted by Crippen LogP contribution is 2.28. The molecule has 0 fully saturated rings. The van der Waals surface area contributed by atoms with E-state index in [-0.39, 0.29) is 5.69 Å². The zero-order chi connectivity index (χ0) is 17.3.